The average Bonchev–Trinajstić information content (AvgIpc) is 2.44. The van der Waals surface area contributed by atoms with E-state index < -0.39 is 0 Å². The Kier molecular flexibility index (Phi) is 5.91. The van der Waals surface area contributed by atoms with Gasteiger partial charge in [-0.3, -0.25) is 0 Å². The van der Waals surface area contributed by atoms with E-state index in [-0.39, 0.29) is 0 Å². The second-order valence-corrected chi connectivity index (χ2v) is 7.01. The third-order valence-corrected chi connectivity index (χ3v) is 4.58. The molecular formula is C17H27ClN2O. The molecule has 1 aromatic rings. The van der Waals surface area contributed by atoms with Crippen LogP contribution in [0, 0.1) is 5.41 Å². The summed E-state index contributed by atoms with van der Waals surface area (Å²) in [6, 6.07) is 6.41. The number of nitrogens with zero attached hydrogens (tertiary/aromatic N) is 1. The summed E-state index contributed by atoms with van der Waals surface area (Å²) >= 11 is 6.48. The molecule has 1 N–H and O–H groups in total. The molecule has 0 amide bonds. The van der Waals surface area contributed by atoms with Crippen LogP contribution in [0.5, 0.6) is 0 Å². The molecular weight excluding hydrogens is 284 g/mol. The van der Waals surface area contributed by atoms with Gasteiger partial charge in [-0.2, -0.15) is 0 Å². The summed E-state index contributed by atoms with van der Waals surface area (Å²) in [5.41, 5.74) is 2.86. The van der Waals surface area contributed by atoms with E-state index >= 15 is 0 Å². The highest BCUT2D eigenvalue weighted by Crippen LogP contribution is 2.35. The Hall–Kier alpha value is -0.770. The van der Waals surface area contributed by atoms with E-state index in [4.69, 9.17) is 16.3 Å². The van der Waals surface area contributed by atoms with Crippen LogP contribution in [-0.2, 0) is 11.3 Å². The van der Waals surface area contributed by atoms with Crippen molar-refractivity contribution in [2.45, 2.75) is 33.2 Å². The van der Waals surface area contributed by atoms with Crippen molar-refractivity contribution in [2.24, 2.45) is 5.41 Å². The number of hydrogen-bond donors (Lipinski definition) is 1. The van der Waals surface area contributed by atoms with Crippen molar-refractivity contribution in [1.82, 2.24) is 5.32 Å². The van der Waals surface area contributed by atoms with Crippen molar-refractivity contribution in [3.63, 3.8) is 0 Å². The number of halogens is 1. The van der Waals surface area contributed by atoms with E-state index in [2.05, 4.69) is 42.3 Å². The molecule has 21 heavy (non-hydrogen) atoms. The Morgan fingerprint density at radius 2 is 2.00 bits per heavy atom. The monoisotopic (exact) mass is 310 g/mol. The number of ether oxygens (including phenoxy) is 1. The molecule has 1 saturated heterocycles. The zero-order valence-electron chi connectivity index (χ0n) is 13.4. The van der Waals surface area contributed by atoms with Gasteiger partial charge in [0.05, 0.1) is 17.3 Å². The number of piperidine rings is 1. The van der Waals surface area contributed by atoms with Crippen molar-refractivity contribution >= 4 is 17.3 Å². The Morgan fingerprint density at radius 3 is 2.62 bits per heavy atom. The van der Waals surface area contributed by atoms with E-state index in [0.717, 1.165) is 37.8 Å². The Bertz CT molecular complexity index is 452. The topological polar surface area (TPSA) is 24.5 Å². The molecule has 118 valence electrons. The van der Waals surface area contributed by atoms with Gasteiger partial charge in [-0.25, -0.2) is 0 Å². The molecule has 1 aromatic carbocycles. The van der Waals surface area contributed by atoms with Gasteiger partial charge in [-0.1, -0.05) is 31.5 Å². The van der Waals surface area contributed by atoms with Gasteiger partial charge < -0.3 is 15.0 Å². The summed E-state index contributed by atoms with van der Waals surface area (Å²) in [7, 11) is 1.72. The maximum absolute atomic E-state index is 6.48. The predicted molar refractivity (Wildman–Crippen MR) is 90.3 cm³/mol. The minimum absolute atomic E-state index is 0.466. The van der Waals surface area contributed by atoms with Gasteiger partial charge in [0.1, 0.15) is 0 Å². The van der Waals surface area contributed by atoms with E-state index in [1.165, 1.54) is 24.1 Å². The molecule has 4 heteroatoms. The van der Waals surface area contributed by atoms with Gasteiger partial charge in [0.15, 0.2) is 0 Å². The Labute approximate surface area is 133 Å². The lowest BCUT2D eigenvalue weighted by Crippen LogP contribution is -2.37. The minimum atomic E-state index is 0.466. The fourth-order valence-electron chi connectivity index (χ4n) is 2.68. The summed E-state index contributed by atoms with van der Waals surface area (Å²) in [6.07, 6.45) is 2.45. The molecule has 0 saturated carbocycles. The van der Waals surface area contributed by atoms with Crippen molar-refractivity contribution in [2.75, 3.05) is 38.3 Å². The molecule has 2 rings (SSSR count). The lowest BCUT2D eigenvalue weighted by Gasteiger charge is -2.38. The number of hydrogen-bond acceptors (Lipinski definition) is 3. The Balaban J connectivity index is 1.93. The standard InChI is InChI=1S/C17H27ClN2O/c1-17(2)6-9-20(10-7-17)16-5-4-14(12-15(16)18)13-19-8-11-21-3/h4-5,12,19H,6-11,13H2,1-3H3. The van der Waals surface area contributed by atoms with Crippen LogP contribution >= 0.6 is 11.6 Å². The van der Waals surface area contributed by atoms with Crippen LogP contribution in [0.1, 0.15) is 32.3 Å². The highest BCUT2D eigenvalue weighted by molar-refractivity contribution is 6.33. The molecule has 1 aliphatic rings. The van der Waals surface area contributed by atoms with Gasteiger partial charge in [-0.15, -0.1) is 0 Å². The number of rotatable bonds is 6. The molecule has 0 aromatic heterocycles. The van der Waals surface area contributed by atoms with Crippen LogP contribution in [0.15, 0.2) is 18.2 Å². The van der Waals surface area contributed by atoms with Crippen molar-refractivity contribution in [3.05, 3.63) is 28.8 Å². The van der Waals surface area contributed by atoms with Gasteiger partial charge in [0.2, 0.25) is 0 Å². The Morgan fingerprint density at radius 1 is 1.29 bits per heavy atom. The summed E-state index contributed by atoms with van der Waals surface area (Å²) < 4.78 is 5.02. The smallest absolute Gasteiger partial charge is 0.0642 e. The molecule has 1 aliphatic heterocycles. The van der Waals surface area contributed by atoms with Gasteiger partial charge in [0, 0.05) is 33.3 Å². The first-order valence-electron chi connectivity index (χ1n) is 7.75. The van der Waals surface area contributed by atoms with E-state index in [9.17, 15) is 0 Å². The summed E-state index contributed by atoms with van der Waals surface area (Å²) in [5, 5.41) is 4.20. The lowest BCUT2D eigenvalue weighted by molar-refractivity contribution is 0.199. The van der Waals surface area contributed by atoms with Crippen LogP contribution in [0.3, 0.4) is 0 Å². The third kappa shape index (κ3) is 4.87. The number of methoxy groups -OCH3 is 1. The molecule has 0 bridgehead atoms. The molecule has 0 unspecified atom stereocenters. The van der Waals surface area contributed by atoms with Crippen molar-refractivity contribution < 1.29 is 4.74 Å². The highest BCUT2D eigenvalue weighted by Gasteiger charge is 2.26. The zero-order chi connectivity index (χ0) is 15.3. The van der Waals surface area contributed by atoms with Crippen LogP contribution in [0.25, 0.3) is 0 Å². The molecule has 0 radical (unpaired) electrons. The molecule has 1 fully saturated rings. The second-order valence-electron chi connectivity index (χ2n) is 6.61. The maximum Gasteiger partial charge on any atom is 0.0642 e. The summed E-state index contributed by atoms with van der Waals surface area (Å²) in [6.45, 7) is 9.31. The number of benzene rings is 1. The summed E-state index contributed by atoms with van der Waals surface area (Å²) in [5.74, 6) is 0. The van der Waals surface area contributed by atoms with Crippen LogP contribution in [0.2, 0.25) is 5.02 Å². The van der Waals surface area contributed by atoms with Crippen LogP contribution in [0.4, 0.5) is 5.69 Å². The van der Waals surface area contributed by atoms with Gasteiger partial charge in [-0.05, 0) is 36.0 Å². The average molecular weight is 311 g/mol. The van der Waals surface area contributed by atoms with E-state index in [0.29, 0.717) is 5.41 Å². The number of anilines is 1. The van der Waals surface area contributed by atoms with Gasteiger partial charge >= 0.3 is 0 Å². The molecule has 3 nitrogen and oxygen atoms in total. The van der Waals surface area contributed by atoms with E-state index in [1.807, 2.05) is 0 Å². The number of nitrogens with one attached hydrogen (secondary N) is 1. The lowest BCUT2D eigenvalue weighted by atomic mass is 9.82. The first kappa shape index (κ1) is 16.6. The normalized spacial score (nSPS) is 18.0. The van der Waals surface area contributed by atoms with Crippen LogP contribution in [-0.4, -0.2) is 33.4 Å². The third-order valence-electron chi connectivity index (χ3n) is 4.28. The van der Waals surface area contributed by atoms with Crippen molar-refractivity contribution in [3.8, 4) is 0 Å². The largest absolute Gasteiger partial charge is 0.383 e. The first-order valence-corrected chi connectivity index (χ1v) is 8.13. The van der Waals surface area contributed by atoms with Crippen molar-refractivity contribution in [1.29, 1.82) is 0 Å². The second kappa shape index (κ2) is 7.48. The fraction of sp³-hybridized carbons (Fsp3) is 0.647. The summed E-state index contributed by atoms with van der Waals surface area (Å²) in [4.78, 5) is 2.41. The molecule has 0 spiro atoms. The zero-order valence-corrected chi connectivity index (χ0v) is 14.2. The van der Waals surface area contributed by atoms with E-state index in [1.54, 1.807) is 7.11 Å². The molecule has 0 atom stereocenters. The molecule has 0 aliphatic carbocycles. The maximum atomic E-state index is 6.48. The highest BCUT2D eigenvalue weighted by atomic mass is 35.5. The van der Waals surface area contributed by atoms with Gasteiger partial charge in [0.25, 0.3) is 0 Å². The SMILES string of the molecule is COCCNCc1ccc(N2CCC(C)(C)CC2)c(Cl)c1. The predicted octanol–water partition coefficient (Wildman–Crippen LogP) is 3.70. The minimum Gasteiger partial charge on any atom is -0.383 e. The first-order chi connectivity index (χ1) is 10.0. The fourth-order valence-corrected chi connectivity index (χ4v) is 3.00. The molecule has 1 heterocycles. The van der Waals surface area contributed by atoms with Crippen LogP contribution < -0.4 is 10.2 Å². The quantitative estimate of drug-likeness (QED) is 0.811.